The molecule has 0 heterocycles. The summed E-state index contributed by atoms with van der Waals surface area (Å²) in [4.78, 5) is 61.2. The van der Waals surface area contributed by atoms with E-state index in [9.17, 15) is 39.4 Å². The molecule has 0 aromatic heterocycles. The Morgan fingerprint density at radius 2 is 1.10 bits per heavy atom. The van der Waals surface area contributed by atoms with Gasteiger partial charge in [-0.25, -0.2) is 19.2 Å². The minimum atomic E-state index is -1.54. The van der Waals surface area contributed by atoms with E-state index >= 15 is 0 Å². The molecule has 2 aromatic carbocycles. The van der Waals surface area contributed by atoms with Crippen molar-refractivity contribution in [1.82, 2.24) is 0 Å². The second-order valence-corrected chi connectivity index (χ2v) is 5.24. The zero-order valence-corrected chi connectivity index (χ0v) is 14.4. The van der Waals surface area contributed by atoms with Crippen LogP contribution in [0.2, 0.25) is 0 Å². The summed E-state index contributed by atoms with van der Waals surface area (Å²) in [6.07, 6.45) is 0. The number of nitro benzene ring substituents is 2. The molecule has 0 unspecified atom stereocenters. The van der Waals surface area contributed by atoms with E-state index in [0.29, 0.717) is 0 Å². The third kappa shape index (κ3) is 5.81. The van der Waals surface area contributed by atoms with Crippen LogP contribution in [-0.4, -0.2) is 54.1 Å². The van der Waals surface area contributed by atoms with Crippen LogP contribution < -0.4 is 0 Å². The summed E-state index contributed by atoms with van der Waals surface area (Å²) in [6.45, 7) is 0. The highest BCUT2D eigenvalue weighted by atomic mass is 16.6. The van der Waals surface area contributed by atoms with Gasteiger partial charge in [0.1, 0.15) is 5.56 Å². The summed E-state index contributed by atoms with van der Waals surface area (Å²) in [5.41, 5.74) is -3.00. The normalized spacial score (nSPS) is 9.60. The molecule has 0 fully saturated rings. The van der Waals surface area contributed by atoms with Crippen molar-refractivity contribution in [2.24, 2.45) is 0 Å². The topological polar surface area (TPSA) is 235 Å². The number of benzene rings is 2. The van der Waals surface area contributed by atoms with Gasteiger partial charge in [0.05, 0.1) is 26.5 Å². The number of nitro groups is 2. The van der Waals surface area contributed by atoms with Gasteiger partial charge >= 0.3 is 23.9 Å². The molecule has 0 spiro atoms. The number of hydrogen-bond acceptors (Lipinski definition) is 8. The molecule has 0 saturated carbocycles. The number of aromatic carboxylic acids is 4. The van der Waals surface area contributed by atoms with Gasteiger partial charge in [-0.05, 0) is 18.2 Å². The Hall–Kier alpha value is -4.88. The molecule has 0 bridgehead atoms. The molecule has 4 N–H and O–H groups in total. The zero-order valence-electron chi connectivity index (χ0n) is 14.4. The fourth-order valence-corrected chi connectivity index (χ4v) is 1.96. The highest BCUT2D eigenvalue weighted by Crippen LogP contribution is 2.20. The van der Waals surface area contributed by atoms with Gasteiger partial charge in [-0.1, -0.05) is 0 Å². The van der Waals surface area contributed by atoms with Crippen molar-refractivity contribution in [3.63, 3.8) is 0 Å². The number of nitrogens with zero attached hydrogens (tertiary/aromatic N) is 2. The second-order valence-electron chi connectivity index (χ2n) is 5.24. The first-order chi connectivity index (χ1) is 13.8. The molecule has 2 rings (SSSR count). The summed E-state index contributed by atoms with van der Waals surface area (Å²) < 4.78 is 0. The minimum Gasteiger partial charge on any atom is -0.478 e. The lowest BCUT2D eigenvalue weighted by Gasteiger charge is -1.99. The molecule has 14 heteroatoms. The number of hydrogen-bond donors (Lipinski definition) is 4. The maximum absolute atomic E-state index is 10.6. The van der Waals surface area contributed by atoms with Crippen LogP contribution in [0.1, 0.15) is 41.4 Å². The Balaban J connectivity index is 0.000000300. The zero-order chi connectivity index (χ0) is 23.2. The maximum atomic E-state index is 10.6. The molecule has 0 saturated heterocycles. The Morgan fingerprint density at radius 1 is 0.633 bits per heavy atom. The Morgan fingerprint density at radius 3 is 1.43 bits per heavy atom. The van der Waals surface area contributed by atoms with Gasteiger partial charge in [-0.3, -0.25) is 20.2 Å². The van der Waals surface area contributed by atoms with Crippen LogP contribution in [0.3, 0.4) is 0 Å². The molecule has 0 aliphatic rings. The fourth-order valence-electron chi connectivity index (χ4n) is 1.96. The van der Waals surface area contributed by atoms with Crippen molar-refractivity contribution in [2.45, 2.75) is 0 Å². The molecule has 14 nitrogen and oxygen atoms in total. The van der Waals surface area contributed by atoms with E-state index in [1.54, 1.807) is 0 Å². The van der Waals surface area contributed by atoms with Crippen LogP contribution in [0.15, 0.2) is 36.4 Å². The van der Waals surface area contributed by atoms with E-state index in [-0.39, 0.29) is 5.56 Å². The van der Waals surface area contributed by atoms with Crippen molar-refractivity contribution in [3.05, 3.63) is 78.9 Å². The average Bonchev–Trinajstić information content (AvgIpc) is 2.67. The van der Waals surface area contributed by atoms with E-state index in [1.807, 2.05) is 0 Å². The van der Waals surface area contributed by atoms with E-state index in [4.69, 9.17) is 20.4 Å². The minimum absolute atomic E-state index is 0.307. The van der Waals surface area contributed by atoms with E-state index < -0.39 is 61.8 Å². The highest BCUT2D eigenvalue weighted by Gasteiger charge is 2.21. The highest BCUT2D eigenvalue weighted by molar-refractivity contribution is 5.97. The van der Waals surface area contributed by atoms with Crippen LogP contribution in [0, 0.1) is 20.2 Å². The molecule has 2 aromatic rings. The molecule has 0 amide bonds. The monoisotopic (exact) mass is 422 g/mol. The van der Waals surface area contributed by atoms with Gasteiger partial charge < -0.3 is 20.4 Å². The molecule has 0 atom stereocenters. The van der Waals surface area contributed by atoms with E-state index in [2.05, 4.69) is 0 Å². The standard InChI is InChI=1S/2C8H5NO6/c10-7(11)4-1-5(8(12)13)3-6(2-4)9(14)15;10-7(11)4-1-2-6(9(14)15)5(3-4)8(12)13/h2*1-3H,(H,10,11)(H,12,13). The quantitative estimate of drug-likeness (QED) is 0.386. The SMILES string of the molecule is O=C(O)c1cc(C(=O)O)cc([N+](=O)[O-])c1.O=C(O)c1ccc([N+](=O)[O-])c(C(=O)O)c1. The van der Waals surface area contributed by atoms with Crippen molar-refractivity contribution < 1.29 is 49.5 Å². The van der Waals surface area contributed by atoms with Gasteiger partial charge in [0.15, 0.2) is 0 Å². The fraction of sp³-hybridized carbons (Fsp3) is 0. The Bertz CT molecular complexity index is 997. The third-order valence-electron chi connectivity index (χ3n) is 3.29. The molecule has 0 radical (unpaired) electrons. The third-order valence-corrected chi connectivity index (χ3v) is 3.29. The summed E-state index contributed by atoms with van der Waals surface area (Å²) in [6, 6.07) is 5.05. The summed E-state index contributed by atoms with van der Waals surface area (Å²) >= 11 is 0. The predicted molar refractivity (Wildman–Crippen MR) is 94.0 cm³/mol. The molecule has 0 aliphatic heterocycles. The van der Waals surface area contributed by atoms with E-state index in [1.165, 1.54) is 0 Å². The Kier molecular flexibility index (Phi) is 7.22. The van der Waals surface area contributed by atoms with Crippen LogP contribution in [0.4, 0.5) is 11.4 Å². The largest absolute Gasteiger partial charge is 0.478 e. The maximum Gasteiger partial charge on any atom is 0.342 e. The molecule has 0 aliphatic carbocycles. The summed E-state index contributed by atoms with van der Waals surface area (Å²) in [5.74, 6) is -5.71. The van der Waals surface area contributed by atoms with Crippen LogP contribution in [-0.2, 0) is 0 Å². The first kappa shape index (κ1) is 23.2. The van der Waals surface area contributed by atoms with Crippen LogP contribution >= 0.6 is 0 Å². The van der Waals surface area contributed by atoms with Crippen molar-refractivity contribution >= 4 is 35.3 Å². The molecular weight excluding hydrogens is 412 g/mol. The molecule has 156 valence electrons. The summed E-state index contributed by atoms with van der Waals surface area (Å²) in [7, 11) is 0. The van der Waals surface area contributed by atoms with Crippen LogP contribution in [0.25, 0.3) is 0 Å². The van der Waals surface area contributed by atoms with Gasteiger partial charge in [0.25, 0.3) is 11.4 Å². The number of rotatable bonds is 6. The van der Waals surface area contributed by atoms with E-state index in [0.717, 1.165) is 36.4 Å². The van der Waals surface area contributed by atoms with Crippen molar-refractivity contribution in [2.75, 3.05) is 0 Å². The first-order valence-electron chi connectivity index (χ1n) is 7.36. The predicted octanol–water partition coefficient (Wildman–Crippen LogP) is 1.98. The van der Waals surface area contributed by atoms with Crippen molar-refractivity contribution in [1.29, 1.82) is 0 Å². The lowest BCUT2D eigenvalue weighted by atomic mass is 10.1. The number of non-ortho nitro benzene ring substituents is 1. The molecular formula is C16H10N2O12. The second kappa shape index (κ2) is 9.36. The number of carboxylic acid groups (broad SMARTS) is 4. The Labute approximate surface area is 164 Å². The summed E-state index contributed by atoms with van der Waals surface area (Å²) in [5, 5.41) is 55.1. The average molecular weight is 422 g/mol. The first-order valence-corrected chi connectivity index (χ1v) is 7.36. The van der Waals surface area contributed by atoms with Crippen molar-refractivity contribution in [3.8, 4) is 0 Å². The van der Waals surface area contributed by atoms with Gasteiger partial charge in [-0.15, -0.1) is 0 Å². The lowest BCUT2D eigenvalue weighted by molar-refractivity contribution is -0.385. The smallest absolute Gasteiger partial charge is 0.342 e. The van der Waals surface area contributed by atoms with Gasteiger partial charge in [-0.2, -0.15) is 0 Å². The van der Waals surface area contributed by atoms with Crippen LogP contribution in [0.5, 0.6) is 0 Å². The van der Waals surface area contributed by atoms with Gasteiger partial charge in [0, 0.05) is 18.2 Å². The number of carbonyl (C=O) groups is 4. The lowest BCUT2D eigenvalue weighted by Crippen LogP contribution is -2.05. The molecule has 30 heavy (non-hydrogen) atoms. The van der Waals surface area contributed by atoms with Gasteiger partial charge in [0.2, 0.25) is 0 Å². The number of carboxylic acids is 4.